The van der Waals surface area contributed by atoms with Gasteiger partial charge in [-0.25, -0.2) is 14.8 Å². The van der Waals surface area contributed by atoms with Gasteiger partial charge < -0.3 is 14.3 Å². The van der Waals surface area contributed by atoms with Crippen LogP contribution in [0.15, 0.2) is 48.8 Å². The number of carbonyl (C=O) groups is 1. The largest absolute Gasteiger partial charge is 0.454 e. The molecule has 1 aliphatic heterocycles. The molecule has 172 valence electrons. The zero-order chi connectivity index (χ0) is 22.4. The van der Waals surface area contributed by atoms with Gasteiger partial charge in [-0.3, -0.25) is 0 Å². The monoisotopic (exact) mass is 438 g/mol. The summed E-state index contributed by atoms with van der Waals surface area (Å²) < 4.78 is 6.90. The summed E-state index contributed by atoms with van der Waals surface area (Å²) in [5.74, 6) is 0.285. The molecule has 0 radical (unpaired) electrons. The fraction of sp³-hybridized carbons (Fsp3) is 0.577. The maximum Gasteiger partial charge on any atom is 0.343 e. The third-order valence-corrected chi connectivity index (χ3v) is 7.36. The first-order chi connectivity index (χ1) is 15.5. The number of likely N-dealkylation sites (N-methyl/N-ethyl adjacent to an activating group) is 1. The van der Waals surface area contributed by atoms with E-state index in [1.807, 2.05) is 36.4 Å². The molecule has 1 aromatic carbocycles. The van der Waals surface area contributed by atoms with Crippen LogP contribution in [0, 0.1) is 5.92 Å². The van der Waals surface area contributed by atoms with Crippen LogP contribution in [0.5, 0.6) is 0 Å². The summed E-state index contributed by atoms with van der Waals surface area (Å²) in [5, 5.41) is 11.8. The molecule has 4 rings (SSSR count). The second-order valence-corrected chi connectivity index (χ2v) is 9.80. The minimum absolute atomic E-state index is 0.0918. The van der Waals surface area contributed by atoms with E-state index in [2.05, 4.69) is 17.0 Å². The van der Waals surface area contributed by atoms with E-state index < -0.39 is 11.6 Å². The quantitative estimate of drug-likeness (QED) is 0.528. The van der Waals surface area contributed by atoms with E-state index in [9.17, 15) is 9.90 Å². The lowest BCUT2D eigenvalue weighted by molar-refractivity contribution is -0.916. The van der Waals surface area contributed by atoms with E-state index in [1.165, 1.54) is 6.42 Å². The van der Waals surface area contributed by atoms with Crippen molar-refractivity contribution in [1.82, 2.24) is 9.97 Å². The molecule has 1 aliphatic carbocycles. The Morgan fingerprint density at radius 3 is 2.50 bits per heavy atom. The van der Waals surface area contributed by atoms with Crippen LogP contribution < -0.4 is 0 Å². The first-order valence-corrected chi connectivity index (χ1v) is 12.1. The van der Waals surface area contributed by atoms with Crippen molar-refractivity contribution in [3.8, 4) is 0 Å². The summed E-state index contributed by atoms with van der Waals surface area (Å²) in [6, 6.07) is 11.2. The van der Waals surface area contributed by atoms with Gasteiger partial charge in [-0.1, -0.05) is 49.6 Å². The Hall–Kier alpha value is -2.31. The highest BCUT2D eigenvalue weighted by molar-refractivity contribution is 5.81. The van der Waals surface area contributed by atoms with Gasteiger partial charge in [0, 0.05) is 24.7 Å². The molecule has 2 fully saturated rings. The molecule has 1 N–H and O–H groups in total. The lowest BCUT2D eigenvalue weighted by Crippen LogP contribution is -2.56. The summed E-state index contributed by atoms with van der Waals surface area (Å²) in [4.78, 5) is 22.2. The van der Waals surface area contributed by atoms with Crippen molar-refractivity contribution in [2.45, 2.75) is 63.1 Å². The average Bonchev–Trinajstić information content (AvgIpc) is 2.84. The number of benzene rings is 1. The molecule has 2 aromatic rings. The van der Waals surface area contributed by atoms with Crippen molar-refractivity contribution in [2.75, 3.05) is 26.7 Å². The van der Waals surface area contributed by atoms with Gasteiger partial charge in [-0.15, -0.1) is 0 Å². The number of nitrogens with zero attached hydrogens (tertiary/aromatic N) is 3. The van der Waals surface area contributed by atoms with Gasteiger partial charge >= 0.3 is 5.97 Å². The summed E-state index contributed by atoms with van der Waals surface area (Å²) in [5.41, 5.74) is -0.911. The molecule has 1 saturated carbocycles. The van der Waals surface area contributed by atoms with Gasteiger partial charge in [0.05, 0.1) is 26.6 Å². The molecular weight excluding hydrogens is 402 g/mol. The van der Waals surface area contributed by atoms with E-state index in [0.29, 0.717) is 5.56 Å². The Morgan fingerprint density at radius 1 is 1.06 bits per heavy atom. The highest BCUT2D eigenvalue weighted by atomic mass is 16.6. The van der Waals surface area contributed by atoms with Crippen LogP contribution in [0.2, 0.25) is 0 Å². The normalized spacial score (nSPS) is 26.2. The third kappa shape index (κ3) is 5.18. The predicted octanol–water partition coefficient (Wildman–Crippen LogP) is 3.64. The molecule has 32 heavy (non-hydrogen) atoms. The van der Waals surface area contributed by atoms with Gasteiger partial charge in [0.25, 0.3) is 0 Å². The molecular formula is C26H36N3O3+. The smallest absolute Gasteiger partial charge is 0.343 e. The fourth-order valence-corrected chi connectivity index (χ4v) is 5.48. The van der Waals surface area contributed by atoms with E-state index in [1.54, 1.807) is 12.4 Å². The summed E-state index contributed by atoms with van der Waals surface area (Å²) in [6.07, 6.45) is 11.0. The molecule has 2 aliphatic rings. The number of hydrogen-bond donors (Lipinski definition) is 1. The molecule has 0 amide bonds. The second-order valence-electron chi connectivity index (χ2n) is 9.80. The van der Waals surface area contributed by atoms with Crippen molar-refractivity contribution in [1.29, 1.82) is 0 Å². The van der Waals surface area contributed by atoms with Crippen LogP contribution >= 0.6 is 0 Å². The molecule has 0 bridgehead atoms. The molecule has 1 aromatic heterocycles. The Bertz CT molecular complexity index is 872. The maximum atomic E-state index is 13.5. The molecule has 6 nitrogen and oxygen atoms in total. The van der Waals surface area contributed by atoms with E-state index in [-0.39, 0.29) is 12.0 Å². The van der Waals surface area contributed by atoms with Gasteiger partial charge in [0.15, 0.2) is 11.7 Å². The minimum Gasteiger partial charge on any atom is -0.454 e. The van der Waals surface area contributed by atoms with Gasteiger partial charge in [0.2, 0.25) is 0 Å². The fourth-order valence-electron chi connectivity index (χ4n) is 5.48. The van der Waals surface area contributed by atoms with Crippen LogP contribution in [0.1, 0.15) is 56.3 Å². The molecule has 0 spiro atoms. The first kappa shape index (κ1) is 22.9. The Balaban J connectivity index is 1.45. The average molecular weight is 439 g/mol. The van der Waals surface area contributed by atoms with Crippen molar-refractivity contribution in [2.24, 2.45) is 5.92 Å². The number of piperidine rings is 1. The van der Waals surface area contributed by atoms with Crippen molar-refractivity contribution in [3.63, 3.8) is 0 Å². The number of quaternary nitrogens is 1. The van der Waals surface area contributed by atoms with Crippen molar-refractivity contribution < 1.29 is 19.1 Å². The van der Waals surface area contributed by atoms with Crippen molar-refractivity contribution in [3.05, 3.63) is 60.2 Å². The Morgan fingerprint density at radius 2 is 1.78 bits per heavy atom. The SMILES string of the molecule is C[N+]1(CCc2ncccn2)CCCC(OC(=O)C(O)(c2ccccc2)C2CCCCC2)C1. The van der Waals surface area contributed by atoms with E-state index >= 15 is 0 Å². The van der Waals surface area contributed by atoms with Crippen LogP contribution in [0.4, 0.5) is 0 Å². The van der Waals surface area contributed by atoms with Crippen LogP contribution in [-0.2, 0) is 21.6 Å². The van der Waals surface area contributed by atoms with Gasteiger partial charge in [0.1, 0.15) is 12.4 Å². The number of esters is 1. The number of rotatable bonds is 7. The maximum absolute atomic E-state index is 13.5. The predicted molar refractivity (Wildman–Crippen MR) is 123 cm³/mol. The second kappa shape index (κ2) is 10.1. The molecule has 3 unspecified atom stereocenters. The number of hydrogen-bond acceptors (Lipinski definition) is 5. The van der Waals surface area contributed by atoms with Crippen LogP contribution in [0.3, 0.4) is 0 Å². The lowest BCUT2D eigenvalue weighted by atomic mass is 9.73. The molecule has 6 heteroatoms. The first-order valence-electron chi connectivity index (χ1n) is 12.1. The van der Waals surface area contributed by atoms with E-state index in [0.717, 1.165) is 74.9 Å². The summed E-state index contributed by atoms with van der Waals surface area (Å²) in [6.45, 7) is 2.71. The molecule has 2 heterocycles. The van der Waals surface area contributed by atoms with E-state index in [4.69, 9.17) is 4.74 Å². The molecule has 3 atom stereocenters. The summed E-state index contributed by atoms with van der Waals surface area (Å²) in [7, 11) is 2.22. The highest BCUT2D eigenvalue weighted by Crippen LogP contribution is 2.41. The van der Waals surface area contributed by atoms with Crippen LogP contribution in [0.25, 0.3) is 0 Å². The van der Waals surface area contributed by atoms with Crippen molar-refractivity contribution >= 4 is 5.97 Å². The summed E-state index contributed by atoms with van der Waals surface area (Å²) >= 11 is 0. The lowest BCUT2D eigenvalue weighted by Gasteiger charge is -2.42. The number of aliphatic hydroxyl groups is 1. The zero-order valence-electron chi connectivity index (χ0n) is 19.2. The Kier molecular flexibility index (Phi) is 7.21. The molecule has 1 saturated heterocycles. The zero-order valence-corrected chi connectivity index (χ0v) is 19.2. The minimum atomic E-state index is -1.57. The standard InChI is InChI=1S/C26H36N3O3/c1-29(19-15-24-27-16-9-17-28-24)18-8-14-23(20-29)32-25(30)26(31,21-10-4-2-5-11-21)22-12-6-3-7-13-22/h2,4-5,9-11,16-17,22-23,31H,3,6-8,12-15,18-20H2,1H3/q+1. The number of likely N-dealkylation sites (tertiary alicyclic amines) is 1. The Labute approximate surface area is 191 Å². The number of carbonyl (C=O) groups excluding carboxylic acids is 1. The number of ether oxygens (including phenoxy) is 1. The topological polar surface area (TPSA) is 72.3 Å². The van der Waals surface area contributed by atoms with Gasteiger partial charge in [-0.05, 0) is 30.9 Å². The number of aromatic nitrogens is 2. The van der Waals surface area contributed by atoms with Crippen LogP contribution in [-0.4, -0.2) is 58.3 Å². The highest BCUT2D eigenvalue weighted by Gasteiger charge is 2.48. The van der Waals surface area contributed by atoms with Gasteiger partial charge in [-0.2, -0.15) is 0 Å². The third-order valence-electron chi connectivity index (χ3n) is 7.36.